The number of pyridine rings is 2. The van der Waals surface area contributed by atoms with Gasteiger partial charge in [0.05, 0.1) is 29.1 Å². The molecule has 0 aromatic carbocycles. The summed E-state index contributed by atoms with van der Waals surface area (Å²) in [5, 5.41) is 7.49. The maximum Gasteiger partial charge on any atom is 0.251 e. The second-order valence-corrected chi connectivity index (χ2v) is 7.93. The average molecular weight is 405 g/mol. The summed E-state index contributed by atoms with van der Waals surface area (Å²) in [6.45, 7) is 5.54. The highest BCUT2D eigenvalue weighted by molar-refractivity contribution is 5.80. The van der Waals surface area contributed by atoms with E-state index >= 15 is 0 Å². The van der Waals surface area contributed by atoms with Crippen LogP contribution in [0.5, 0.6) is 0 Å². The van der Waals surface area contributed by atoms with Gasteiger partial charge in [0.2, 0.25) is 5.95 Å². The first-order chi connectivity index (χ1) is 14.5. The molecule has 1 fully saturated rings. The van der Waals surface area contributed by atoms with E-state index in [1.165, 1.54) is 6.33 Å². The molecule has 1 aliphatic rings. The minimum absolute atomic E-state index is 0.0482. The Labute approximate surface area is 172 Å². The Balaban J connectivity index is 1.61. The van der Waals surface area contributed by atoms with Gasteiger partial charge in [-0.1, -0.05) is 6.92 Å². The van der Waals surface area contributed by atoms with Crippen LogP contribution >= 0.6 is 0 Å². The predicted octanol–water partition coefficient (Wildman–Crippen LogP) is 2.56. The minimum Gasteiger partial charge on any atom is -0.381 e. The second kappa shape index (κ2) is 7.17. The maximum absolute atomic E-state index is 12.6. The first-order valence-corrected chi connectivity index (χ1v) is 10.0. The molecule has 0 amide bonds. The number of rotatable bonds is 3. The molecule has 4 aromatic rings. The zero-order chi connectivity index (χ0) is 20.8. The SMILES string of the molecule is Cc1cc2ncnn2cc1Nc1ncc2c(n1)c(C1CCOCC1C)cc(=O)n2C. The van der Waals surface area contributed by atoms with Gasteiger partial charge in [-0.25, -0.2) is 19.5 Å². The van der Waals surface area contributed by atoms with Gasteiger partial charge < -0.3 is 14.6 Å². The smallest absolute Gasteiger partial charge is 0.251 e. The van der Waals surface area contributed by atoms with Crippen molar-refractivity contribution in [3.8, 4) is 0 Å². The Bertz CT molecular complexity index is 1310. The van der Waals surface area contributed by atoms with Gasteiger partial charge in [-0.05, 0) is 42.4 Å². The van der Waals surface area contributed by atoms with E-state index in [9.17, 15) is 4.79 Å². The Morgan fingerprint density at radius 2 is 2.13 bits per heavy atom. The quantitative estimate of drug-likeness (QED) is 0.559. The number of ether oxygens (including phenoxy) is 1. The normalized spacial score (nSPS) is 19.4. The van der Waals surface area contributed by atoms with Crippen LogP contribution in [0, 0.1) is 12.8 Å². The molecule has 0 saturated carbocycles. The molecule has 0 bridgehead atoms. The molecule has 0 radical (unpaired) electrons. The zero-order valence-corrected chi connectivity index (χ0v) is 17.2. The van der Waals surface area contributed by atoms with E-state index in [1.54, 1.807) is 28.4 Å². The van der Waals surface area contributed by atoms with Crippen LogP contribution in [0.1, 0.15) is 30.4 Å². The summed E-state index contributed by atoms with van der Waals surface area (Å²) < 4.78 is 8.90. The fourth-order valence-electron chi connectivity index (χ4n) is 4.14. The molecule has 1 saturated heterocycles. The molecule has 5 rings (SSSR count). The second-order valence-electron chi connectivity index (χ2n) is 7.93. The summed E-state index contributed by atoms with van der Waals surface area (Å²) in [7, 11) is 1.75. The number of hydrogen-bond acceptors (Lipinski definition) is 7. The fourth-order valence-corrected chi connectivity index (χ4v) is 4.14. The van der Waals surface area contributed by atoms with Crippen molar-refractivity contribution in [1.82, 2.24) is 29.1 Å². The third-order valence-electron chi connectivity index (χ3n) is 5.92. The van der Waals surface area contributed by atoms with E-state index in [4.69, 9.17) is 9.72 Å². The highest BCUT2D eigenvalue weighted by Crippen LogP contribution is 2.34. The van der Waals surface area contributed by atoms with E-state index in [-0.39, 0.29) is 11.5 Å². The topological polar surface area (TPSA) is 99.2 Å². The number of hydrogen-bond donors (Lipinski definition) is 1. The van der Waals surface area contributed by atoms with Crippen LogP contribution in [-0.4, -0.2) is 42.3 Å². The van der Waals surface area contributed by atoms with Crippen LogP contribution < -0.4 is 10.9 Å². The van der Waals surface area contributed by atoms with E-state index < -0.39 is 0 Å². The minimum atomic E-state index is -0.0482. The molecule has 154 valence electrons. The summed E-state index contributed by atoms with van der Waals surface area (Å²) in [6, 6.07) is 3.67. The molecule has 9 heteroatoms. The number of aromatic nitrogens is 6. The van der Waals surface area contributed by atoms with Crippen molar-refractivity contribution in [2.45, 2.75) is 26.2 Å². The van der Waals surface area contributed by atoms with Gasteiger partial charge >= 0.3 is 0 Å². The van der Waals surface area contributed by atoms with Crippen molar-refractivity contribution in [2.24, 2.45) is 13.0 Å². The van der Waals surface area contributed by atoms with E-state index in [0.717, 1.165) is 39.9 Å². The lowest BCUT2D eigenvalue weighted by molar-refractivity contribution is 0.0475. The van der Waals surface area contributed by atoms with Gasteiger partial charge in [0.1, 0.15) is 6.33 Å². The number of anilines is 2. The standard InChI is InChI=1S/C21H23N7O2/c1-12-6-18-23-11-24-28(18)9-16(12)25-21-22-8-17-20(26-21)15(7-19(29)27(17)3)14-4-5-30-10-13(14)2/h6-9,11,13-14H,4-5,10H2,1-3H3,(H,22,25,26). The Morgan fingerprint density at radius 3 is 2.97 bits per heavy atom. The van der Waals surface area contributed by atoms with Crippen LogP contribution in [0.3, 0.4) is 0 Å². The van der Waals surface area contributed by atoms with E-state index in [1.807, 2.05) is 19.2 Å². The predicted molar refractivity (Wildman–Crippen MR) is 113 cm³/mol. The number of nitrogens with one attached hydrogen (secondary N) is 1. The Morgan fingerprint density at radius 1 is 1.27 bits per heavy atom. The average Bonchev–Trinajstić information content (AvgIpc) is 3.18. The van der Waals surface area contributed by atoms with Crippen molar-refractivity contribution in [2.75, 3.05) is 18.5 Å². The maximum atomic E-state index is 12.6. The monoisotopic (exact) mass is 405 g/mol. The van der Waals surface area contributed by atoms with E-state index in [2.05, 4.69) is 27.3 Å². The highest BCUT2D eigenvalue weighted by atomic mass is 16.5. The number of nitrogens with zero attached hydrogens (tertiary/aromatic N) is 6. The lowest BCUT2D eigenvalue weighted by Crippen LogP contribution is -2.27. The zero-order valence-electron chi connectivity index (χ0n) is 17.2. The molecule has 4 aromatic heterocycles. The third-order valence-corrected chi connectivity index (χ3v) is 5.92. The molecular weight excluding hydrogens is 382 g/mol. The van der Waals surface area contributed by atoms with Gasteiger partial charge in [0.25, 0.3) is 5.56 Å². The Kier molecular flexibility index (Phi) is 4.47. The fraction of sp³-hybridized carbons (Fsp3) is 0.381. The molecular formula is C21H23N7O2. The van der Waals surface area contributed by atoms with E-state index in [0.29, 0.717) is 25.1 Å². The Hall–Kier alpha value is -3.33. The largest absolute Gasteiger partial charge is 0.381 e. The van der Waals surface area contributed by atoms with Crippen molar-refractivity contribution in [3.05, 3.63) is 52.3 Å². The summed E-state index contributed by atoms with van der Waals surface area (Å²) in [5.74, 6) is 1.02. The molecule has 0 spiro atoms. The lowest BCUT2D eigenvalue weighted by atomic mass is 9.83. The first-order valence-electron chi connectivity index (χ1n) is 10.0. The van der Waals surface area contributed by atoms with Crippen LogP contribution in [0.25, 0.3) is 16.7 Å². The molecule has 2 atom stereocenters. The van der Waals surface area contributed by atoms with Gasteiger partial charge in [-0.2, -0.15) is 5.10 Å². The molecule has 5 heterocycles. The van der Waals surface area contributed by atoms with Gasteiger partial charge in [-0.3, -0.25) is 4.79 Å². The third kappa shape index (κ3) is 3.11. The van der Waals surface area contributed by atoms with Crippen molar-refractivity contribution >= 4 is 28.3 Å². The molecule has 9 nitrogen and oxygen atoms in total. The number of aryl methyl sites for hydroxylation is 2. The van der Waals surface area contributed by atoms with Crippen molar-refractivity contribution in [1.29, 1.82) is 0 Å². The molecule has 30 heavy (non-hydrogen) atoms. The summed E-state index contributed by atoms with van der Waals surface area (Å²) in [6.07, 6.45) is 5.97. The van der Waals surface area contributed by atoms with Gasteiger partial charge in [0.15, 0.2) is 5.65 Å². The van der Waals surface area contributed by atoms with Crippen LogP contribution in [-0.2, 0) is 11.8 Å². The summed E-state index contributed by atoms with van der Waals surface area (Å²) >= 11 is 0. The van der Waals surface area contributed by atoms with Crippen molar-refractivity contribution in [3.63, 3.8) is 0 Å². The number of fused-ring (bicyclic) bond motifs is 2. The lowest BCUT2D eigenvalue weighted by Gasteiger charge is -2.29. The van der Waals surface area contributed by atoms with Gasteiger partial charge in [0, 0.05) is 26.3 Å². The molecule has 1 aliphatic heterocycles. The van der Waals surface area contributed by atoms with Crippen LogP contribution in [0.4, 0.5) is 11.6 Å². The molecule has 0 aliphatic carbocycles. The molecule has 2 unspecified atom stereocenters. The highest BCUT2D eigenvalue weighted by Gasteiger charge is 2.27. The summed E-state index contributed by atoms with van der Waals surface area (Å²) in [4.78, 5) is 26.1. The van der Waals surface area contributed by atoms with Crippen LogP contribution in [0.15, 0.2) is 35.6 Å². The molecule has 1 N–H and O–H groups in total. The van der Waals surface area contributed by atoms with Crippen molar-refractivity contribution < 1.29 is 4.74 Å². The van der Waals surface area contributed by atoms with Gasteiger partial charge in [-0.15, -0.1) is 0 Å². The van der Waals surface area contributed by atoms with Crippen LogP contribution in [0.2, 0.25) is 0 Å². The summed E-state index contributed by atoms with van der Waals surface area (Å²) in [5.41, 5.74) is 5.09. The first kappa shape index (κ1) is 18.7.